The molecule has 0 saturated heterocycles. The zero-order valence-electron chi connectivity index (χ0n) is 15.0. The SMILES string of the molecule is COC(=O)c1ccc2c(c1)sc(=NC(=O)CSCC(=O)Nc1nccs1)n2C. The Morgan fingerprint density at radius 2 is 2.14 bits per heavy atom. The lowest BCUT2D eigenvalue weighted by Crippen LogP contribution is -2.17. The van der Waals surface area contributed by atoms with Gasteiger partial charge in [0.2, 0.25) is 5.91 Å². The van der Waals surface area contributed by atoms with Gasteiger partial charge in [0.05, 0.1) is 34.4 Å². The number of methoxy groups -OCH3 is 1. The van der Waals surface area contributed by atoms with Crippen molar-refractivity contribution in [3.05, 3.63) is 40.1 Å². The maximum absolute atomic E-state index is 12.2. The van der Waals surface area contributed by atoms with Gasteiger partial charge in [0.25, 0.3) is 5.91 Å². The summed E-state index contributed by atoms with van der Waals surface area (Å²) in [4.78, 5) is 44.2. The molecule has 0 atom stereocenters. The van der Waals surface area contributed by atoms with E-state index in [0.717, 1.165) is 10.2 Å². The number of anilines is 1. The second-order valence-electron chi connectivity index (χ2n) is 5.50. The van der Waals surface area contributed by atoms with Crippen LogP contribution in [0.15, 0.2) is 34.8 Å². The van der Waals surface area contributed by atoms with Crippen LogP contribution in [0, 0.1) is 0 Å². The number of aryl methyl sites for hydroxylation is 1. The van der Waals surface area contributed by atoms with Gasteiger partial charge < -0.3 is 14.6 Å². The third kappa shape index (κ3) is 4.86. The number of thiazole rings is 2. The third-order valence-electron chi connectivity index (χ3n) is 3.59. The van der Waals surface area contributed by atoms with Gasteiger partial charge in [-0.2, -0.15) is 4.99 Å². The van der Waals surface area contributed by atoms with Gasteiger partial charge in [-0.15, -0.1) is 23.1 Å². The monoisotopic (exact) mass is 436 g/mol. The van der Waals surface area contributed by atoms with Gasteiger partial charge in [0.15, 0.2) is 9.93 Å². The van der Waals surface area contributed by atoms with Crippen molar-refractivity contribution in [2.24, 2.45) is 12.0 Å². The van der Waals surface area contributed by atoms with Crippen LogP contribution in [0.5, 0.6) is 0 Å². The lowest BCUT2D eigenvalue weighted by atomic mass is 10.2. The highest BCUT2D eigenvalue weighted by Crippen LogP contribution is 2.19. The van der Waals surface area contributed by atoms with Gasteiger partial charge >= 0.3 is 5.97 Å². The molecule has 11 heteroatoms. The predicted octanol–water partition coefficient (Wildman–Crippen LogP) is 2.28. The molecule has 1 N–H and O–H groups in total. The number of ether oxygens (including phenoxy) is 1. The molecule has 3 rings (SSSR count). The van der Waals surface area contributed by atoms with E-state index in [1.807, 2.05) is 0 Å². The van der Waals surface area contributed by atoms with Crippen LogP contribution in [0.3, 0.4) is 0 Å². The van der Waals surface area contributed by atoms with E-state index in [4.69, 9.17) is 4.74 Å². The number of nitrogens with one attached hydrogen (secondary N) is 1. The van der Waals surface area contributed by atoms with Crippen molar-refractivity contribution < 1.29 is 19.1 Å². The number of amides is 2. The highest BCUT2D eigenvalue weighted by molar-refractivity contribution is 8.00. The van der Waals surface area contributed by atoms with Gasteiger partial charge in [0.1, 0.15) is 0 Å². The third-order valence-corrected chi connectivity index (χ3v) is 6.29. The quantitative estimate of drug-likeness (QED) is 0.595. The molecule has 0 unspecified atom stereocenters. The van der Waals surface area contributed by atoms with Crippen molar-refractivity contribution >= 4 is 67.6 Å². The number of aromatic nitrogens is 2. The molecule has 2 amide bonds. The van der Waals surface area contributed by atoms with Crippen LogP contribution < -0.4 is 10.1 Å². The normalized spacial score (nSPS) is 11.6. The summed E-state index contributed by atoms with van der Waals surface area (Å²) >= 11 is 3.83. The number of esters is 1. The Morgan fingerprint density at radius 3 is 2.86 bits per heavy atom. The summed E-state index contributed by atoms with van der Waals surface area (Å²) in [5.41, 5.74) is 1.30. The molecule has 146 valence electrons. The Labute approximate surface area is 172 Å². The van der Waals surface area contributed by atoms with Gasteiger partial charge in [-0.1, -0.05) is 11.3 Å². The van der Waals surface area contributed by atoms with Crippen LogP contribution >= 0.6 is 34.4 Å². The van der Waals surface area contributed by atoms with E-state index in [1.165, 1.54) is 41.5 Å². The number of hydrogen-bond donors (Lipinski definition) is 1. The maximum Gasteiger partial charge on any atom is 0.337 e. The smallest absolute Gasteiger partial charge is 0.337 e. The first-order valence-electron chi connectivity index (χ1n) is 8.00. The Kier molecular flexibility index (Phi) is 6.60. The molecule has 0 bridgehead atoms. The number of hydrogen-bond acceptors (Lipinski definition) is 8. The fourth-order valence-electron chi connectivity index (χ4n) is 2.30. The minimum absolute atomic E-state index is 0.0902. The molecule has 2 aromatic heterocycles. The molecule has 0 aliphatic heterocycles. The molecular formula is C17H16N4O4S3. The zero-order valence-corrected chi connectivity index (χ0v) is 17.4. The van der Waals surface area contributed by atoms with Crippen LogP contribution in [-0.4, -0.2) is 46.0 Å². The number of carbonyl (C=O) groups is 3. The van der Waals surface area contributed by atoms with Crippen molar-refractivity contribution in [1.82, 2.24) is 9.55 Å². The van der Waals surface area contributed by atoms with Crippen LogP contribution in [0.4, 0.5) is 5.13 Å². The molecule has 0 saturated carbocycles. The van der Waals surface area contributed by atoms with E-state index >= 15 is 0 Å². The molecule has 0 aliphatic carbocycles. The first-order valence-corrected chi connectivity index (χ1v) is 10.9. The molecule has 1 aromatic carbocycles. The molecule has 8 nitrogen and oxygen atoms in total. The summed E-state index contributed by atoms with van der Waals surface area (Å²) in [6.45, 7) is 0. The van der Waals surface area contributed by atoms with Crippen LogP contribution in [0.2, 0.25) is 0 Å². The Hall–Kier alpha value is -2.50. The first kappa shape index (κ1) is 20.2. The molecule has 2 heterocycles. The largest absolute Gasteiger partial charge is 0.465 e. The number of benzene rings is 1. The number of carbonyl (C=O) groups excluding carboxylic acids is 3. The van der Waals surface area contributed by atoms with E-state index in [9.17, 15) is 14.4 Å². The summed E-state index contributed by atoms with van der Waals surface area (Å²) < 4.78 is 7.34. The van der Waals surface area contributed by atoms with E-state index in [0.29, 0.717) is 15.5 Å². The average molecular weight is 437 g/mol. The minimum atomic E-state index is -0.417. The molecular weight excluding hydrogens is 420 g/mol. The summed E-state index contributed by atoms with van der Waals surface area (Å²) in [5, 5.41) is 4.96. The highest BCUT2D eigenvalue weighted by atomic mass is 32.2. The lowest BCUT2D eigenvalue weighted by molar-refractivity contribution is -0.115. The second kappa shape index (κ2) is 9.13. The standard InChI is InChI=1S/C17H16N4O4S3/c1-21-11-4-3-10(15(24)25-2)7-12(11)28-17(21)20-14(23)9-26-8-13(22)19-16-18-5-6-27-16/h3-7H,8-9H2,1-2H3,(H,18,19,22). The number of rotatable bonds is 6. The van der Waals surface area contributed by atoms with Crippen molar-refractivity contribution in [1.29, 1.82) is 0 Å². The Balaban J connectivity index is 1.64. The molecule has 3 aromatic rings. The maximum atomic E-state index is 12.2. The van der Waals surface area contributed by atoms with Crippen molar-refractivity contribution in [3.8, 4) is 0 Å². The van der Waals surface area contributed by atoms with E-state index < -0.39 is 5.97 Å². The van der Waals surface area contributed by atoms with E-state index in [-0.39, 0.29) is 23.3 Å². The van der Waals surface area contributed by atoms with Gasteiger partial charge in [-0.3, -0.25) is 9.59 Å². The topological polar surface area (TPSA) is 103 Å². The van der Waals surface area contributed by atoms with Gasteiger partial charge in [-0.25, -0.2) is 9.78 Å². The fourth-order valence-corrected chi connectivity index (χ4v) is 4.51. The van der Waals surface area contributed by atoms with Crippen molar-refractivity contribution in [2.45, 2.75) is 0 Å². The van der Waals surface area contributed by atoms with Crippen LogP contribution in [0.25, 0.3) is 10.2 Å². The average Bonchev–Trinajstić information content (AvgIpc) is 3.29. The lowest BCUT2D eigenvalue weighted by Gasteiger charge is -2.00. The first-order chi connectivity index (χ1) is 13.5. The summed E-state index contributed by atoms with van der Waals surface area (Å²) in [7, 11) is 3.13. The predicted molar refractivity (Wildman–Crippen MR) is 111 cm³/mol. The Morgan fingerprint density at radius 1 is 1.32 bits per heavy atom. The summed E-state index contributed by atoms with van der Waals surface area (Å²) in [6, 6.07) is 5.18. The Bertz CT molecular complexity index is 1090. The second-order valence-corrected chi connectivity index (χ2v) is 8.39. The zero-order chi connectivity index (χ0) is 20.1. The molecule has 28 heavy (non-hydrogen) atoms. The minimum Gasteiger partial charge on any atom is -0.465 e. The van der Waals surface area contributed by atoms with Gasteiger partial charge in [0, 0.05) is 18.6 Å². The van der Waals surface area contributed by atoms with Crippen molar-refractivity contribution in [2.75, 3.05) is 23.9 Å². The fraction of sp³-hybridized carbons (Fsp3) is 0.235. The summed E-state index contributed by atoms with van der Waals surface area (Å²) in [6.07, 6.45) is 1.61. The number of fused-ring (bicyclic) bond motifs is 1. The van der Waals surface area contributed by atoms with Crippen LogP contribution in [-0.2, 0) is 21.4 Å². The van der Waals surface area contributed by atoms with Crippen LogP contribution in [0.1, 0.15) is 10.4 Å². The molecule has 0 fully saturated rings. The van der Waals surface area contributed by atoms with Crippen molar-refractivity contribution in [3.63, 3.8) is 0 Å². The molecule has 0 radical (unpaired) electrons. The van der Waals surface area contributed by atoms with Gasteiger partial charge in [-0.05, 0) is 18.2 Å². The molecule has 0 aliphatic rings. The number of thioether (sulfide) groups is 1. The summed E-state index contributed by atoms with van der Waals surface area (Å²) in [5.74, 6) is -0.729. The highest BCUT2D eigenvalue weighted by Gasteiger charge is 2.11. The molecule has 0 spiro atoms. The van der Waals surface area contributed by atoms with E-state index in [2.05, 4.69) is 15.3 Å². The van der Waals surface area contributed by atoms with E-state index in [1.54, 1.807) is 41.4 Å². The number of nitrogens with zero attached hydrogens (tertiary/aromatic N) is 3.